The smallest absolute Gasteiger partial charge is 0.463 e. The van der Waals surface area contributed by atoms with Crippen molar-refractivity contribution in [2.75, 3.05) is 13.7 Å². The van der Waals surface area contributed by atoms with Crippen LogP contribution < -0.4 is 4.52 Å². The number of carbonyl (C=O) groups excluding carboxylic acids is 4. The second-order valence-electron chi connectivity index (χ2n) is 7.98. The summed E-state index contributed by atoms with van der Waals surface area (Å²) in [6.07, 6.45) is -9.30. The van der Waals surface area contributed by atoms with Gasteiger partial charge in [0, 0.05) is 40.7 Å². The van der Waals surface area contributed by atoms with E-state index in [1.807, 2.05) is 0 Å². The van der Waals surface area contributed by atoms with Crippen molar-refractivity contribution in [1.82, 2.24) is 0 Å². The molecular weight excluding hydrogens is 534 g/mol. The zero-order valence-electron chi connectivity index (χ0n) is 21.7. The Morgan fingerprint density at radius 3 is 1.84 bits per heavy atom. The Bertz CT molecular complexity index is 989. The number of hydrogen-bond donors (Lipinski definition) is 1. The Morgan fingerprint density at radius 2 is 1.37 bits per heavy atom. The molecule has 1 aromatic carbocycles. The monoisotopic (exact) mass is 566 g/mol. The Labute approximate surface area is 219 Å². The summed E-state index contributed by atoms with van der Waals surface area (Å²) in [5.74, 6) is -5.06. The van der Waals surface area contributed by atoms with E-state index in [1.54, 1.807) is 6.07 Å². The average Bonchev–Trinajstić information content (AvgIpc) is 2.81. The highest BCUT2D eigenvalue weighted by atomic mass is 31.2. The standard InChI is InChI=1S/C23H32FO13P/c1-13(19(24)12-32-14(2)25)20(33-15(3)26)21(34-16(4)27)22(35-17(5)28)23(31-6)37-38(29,30)36-18-10-8-7-9-11-18/h7-11,13,19-23H,12H2,1-6H3,(H,29,30)/t13?,19-,20?,21?,22?,23?/m0/s1. The summed E-state index contributed by atoms with van der Waals surface area (Å²) >= 11 is 0. The van der Waals surface area contributed by atoms with Gasteiger partial charge in [-0.2, -0.15) is 0 Å². The largest absolute Gasteiger partial charge is 0.529 e. The molecule has 38 heavy (non-hydrogen) atoms. The van der Waals surface area contributed by atoms with Crippen LogP contribution in [0.5, 0.6) is 5.75 Å². The molecule has 1 aromatic rings. The summed E-state index contributed by atoms with van der Waals surface area (Å²) in [6.45, 7) is 4.50. The highest BCUT2D eigenvalue weighted by molar-refractivity contribution is 7.47. The number of alkyl halides is 1. The topological polar surface area (TPSA) is 170 Å². The molecule has 13 nitrogen and oxygen atoms in total. The third kappa shape index (κ3) is 11.5. The molecule has 0 amide bonds. The molecule has 1 N–H and O–H groups in total. The third-order valence-electron chi connectivity index (χ3n) is 4.79. The fourth-order valence-corrected chi connectivity index (χ4v) is 4.11. The summed E-state index contributed by atoms with van der Waals surface area (Å²) in [6, 6.07) is 7.40. The number of phosphoric acid groups is 1. The molecule has 214 valence electrons. The number of esters is 4. The number of para-hydroxylation sites is 1. The normalized spacial score (nSPS) is 17.4. The van der Waals surface area contributed by atoms with Gasteiger partial charge in [0.1, 0.15) is 24.6 Å². The van der Waals surface area contributed by atoms with Crippen molar-refractivity contribution in [2.24, 2.45) is 5.92 Å². The first kappa shape index (κ1) is 33.0. The van der Waals surface area contributed by atoms with Gasteiger partial charge in [-0.3, -0.25) is 24.1 Å². The second-order valence-corrected chi connectivity index (χ2v) is 9.31. The third-order valence-corrected chi connectivity index (χ3v) is 5.71. The lowest BCUT2D eigenvalue weighted by Crippen LogP contribution is -2.54. The van der Waals surface area contributed by atoms with Crippen LogP contribution in [0.25, 0.3) is 0 Å². The fourth-order valence-electron chi connectivity index (χ4n) is 3.21. The predicted octanol–water partition coefficient (Wildman–Crippen LogP) is 2.49. The molecule has 0 aliphatic carbocycles. The molecule has 0 bridgehead atoms. The number of benzene rings is 1. The molecule has 0 heterocycles. The van der Waals surface area contributed by atoms with Crippen LogP contribution in [0.2, 0.25) is 0 Å². The van der Waals surface area contributed by atoms with E-state index in [2.05, 4.69) is 4.74 Å². The number of rotatable bonds is 15. The first-order chi connectivity index (χ1) is 17.7. The van der Waals surface area contributed by atoms with E-state index in [0.717, 1.165) is 34.8 Å². The van der Waals surface area contributed by atoms with Crippen LogP contribution in [-0.4, -0.2) is 73.3 Å². The van der Waals surface area contributed by atoms with Crippen molar-refractivity contribution in [2.45, 2.75) is 65.4 Å². The molecule has 7 atom stereocenters. The molecule has 0 saturated heterocycles. The highest BCUT2D eigenvalue weighted by Crippen LogP contribution is 2.46. The number of ether oxygens (including phenoxy) is 5. The van der Waals surface area contributed by atoms with E-state index in [0.29, 0.717) is 0 Å². The first-order valence-electron chi connectivity index (χ1n) is 11.2. The maximum absolute atomic E-state index is 15.0. The van der Waals surface area contributed by atoms with Crippen molar-refractivity contribution >= 4 is 31.7 Å². The molecule has 0 spiro atoms. The molecule has 0 aromatic heterocycles. The van der Waals surface area contributed by atoms with E-state index in [1.165, 1.54) is 31.2 Å². The molecule has 0 saturated carbocycles. The summed E-state index contributed by atoms with van der Waals surface area (Å²) in [7, 11) is -3.97. The number of phosphoric ester groups is 1. The van der Waals surface area contributed by atoms with Gasteiger partial charge in [0.15, 0.2) is 12.2 Å². The fraction of sp³-hybridized carbons (Fsp3) is 0.565. The number of halogens is 1. The minimum atomic E-state index is -4.98. The van der Waals surface area contributed by atoms with Crippen molar-refractivity contribution in [3.8, 4) is 5.75 Å². The van der Waals surface area contributed by atoms with E-state index >= 15 is 0 Å². The summed E-state index contributed by atoms with van der Waals surface area (Å²) in [4.78, 5) is 57.3. The lowest BCUT2D eigenvalue weighted by atomic mass is 9.91. The molecule has 0 fully saturated rings. The number of hydrogen-bond acceptors (Lipinski definition) is 12. The van der Waals surface area contributed by atoms with Gasteiger partial charge < -0.3 is 28.2 Å². The Balaban J connectivity index is 3.46. The lowest BCUT2D eigenvalue weighted by molar-refractivity contribution is -0.224. The van der Waals surface area contributed by atoms with Crippen LogP contribution in [0.1, 0.15) is 34.6 Å². The number of methoxy groups -OCH3 is 1. The SMILES string of the molecule is COC(OP(=O)(O)Oc1ccccc1)C(OC(C)=O)C(OC(C)=O)C(OC(C)=O)C(C)[C@@H](F)COC(C)=O. The van der Waals surface area contributed by atoms with Gasteiger partial charge in [0.05, 0.1) is 0 Å². The molecule has 6 unspecified atom stereocenters. The molecule has 0 aliphatic rings. The quantitative estimate of drug-likeness (QED) is 0.142. The van der Waals surface area contributed by atoms with Gasteiger partial charge in [0.25, 0.3) is 0 Å². The van der Waals surface area contributed by atoms with Crippen molar-refractivity contribution in [3.63, 3.8) is 0 Å². The average molecular weight is 566 g/mol. The van der Waals surface area contributed by atoms with Crippen LogP contribution in [0.4, 0.5) is 4.39 Å². The maximum atomic E-state index is 15.0. The van der Waals surface area contributed by atoms with E-state index in [-0.39, 0.29) is 5.75 Å². The van der Waals surface area contributed by atoms with E-state index < -0.39 is 75.0 Å². The van der Waals surface area contributed by atoms with Gasteiger partial charge in [-0.25, -0.2) is 13.5 Å². The van der Waals surface area contributed by atoms with Crippen LogP contribution >= 0.6 is 7.82 Å². The van der Waals surface area contributed by atoms with Crippen molar-refractivity contribution in [1.29, 1.82) is 0 Å². The van der Waals surface area contributed by atoms with Gasteiger partial charge in [-0.1, -0.05) is 25.1 Å². The van der Waals surface area contributed by atoms with E-state index in [9.17, 15) is 33.0 Å². The second kappa shape index (κ2) is 15.4. The first-order valence-corrected chi connectivity index (χ1v) is 12.7. The molecular formula is C23H32FO13P. The molecule has 0 aliphatic heterocycles. The predicted molar refractivity (Wildman–Crippen MR) is 126 cm³/mol. The zero-order valence-corrected chi connectivity index (χ0v) is 22.6. The minimum Gasteiger partial charge on any atom is -0.463 e. The zero-order chi connectivity index (χ0) is 29.0. The van der Waals surface area contributed by atoms with Crippen molar-refractivity contribution < 1.29 is 65.8 Å². The minimum absolute atomic E-state index is 0.0501. The summed E-state index contributed by atoms with van der Waals surface area (Å²) < 4.78 is 63.2. The molecule has 15 heteroatoms. The maximum Gasteiger partial charge on any atom is 0.529 e. The van der Waals surface area contributed by atoms with Crippen molar-refractivity contribution in [3.05, 3.63) is 30.3 Å². The summed E-state index contributed by atoms with van der Waals surface area (Å²) in [5, 5.41) is 0. The molecule has 1 rings (SSSR count). The summed E-state index contributed by atoms with van der Waals surface area (Å²) in [5.41, 5.74) is 0. The van der Waals surface area contributed by atoms with Gasteiger partial charge >= 0.3 is 31.7 Å². The Kier molecular flexibility index (Phi) is 13.3. The van der Waals surface area contributed by atoms with Gasteiger partial charge in [0.2, 0.25) is 6.29 Å². The van der Waals surface area contributed by atoms with Crippen LogP contribution in [0.15, 0.2) is 30.3 Å². The van der Waals surface area contributed by atoms with Gasteiger partial charge in [-0.15, -0.1) is 0 Å². The van der Waals surface area contributed by atoms with Crippen LogP contribution in [0, 0.1) is 5.92 Å². The van der Waals surface area contributed by atoms with Gasteiger partial charge in [-0.05, 0) is 12.1 Å². The van der Waals surface area contributed by atoms with Crippen LogP contribution in [-0.2, 0) is 52.0 Å². The lowest BCUT2D eigenvalue weighted by Gasteiger charge is -2.38. The number of carbonyl (C=O) groups is 4. The Morgan fingerprint density at radius 1 is 0.868 bits per heavy atom. The highest BCUT2D eigenvalue weighted by Gasteiger charge is 2.48. The van der Waals surface area contributed by atoms with Crippen LogP contribution in [0.3, 0.4) is 0 Å². The Hall–Kier alpha value is -3.06. The molecule has 0 radical (unpaired) electrons. The van der Waals surface area contributed by atoms with E-state index in [4.69, 9.17) is 28.0 Å².